The van der Waals surface area contributed by atoms with E-state index in [4.69, 9.17) is 0 Å². The Labute approximate surface area is 79.9 Å². The fraction of sp³-hybridized carbons (Fsp3) is 0.750. The molecule has 0 fully saturated rings. The van der Waals surface area contributed by atoms with Crippen LogP contribution in [0.2, 0.25) is 0 Å². The lowest BCUT2D eigenvalue weighted by Gasteiger charge is -2.18. The molecule has 0 saturated heterocycles. The topological polar surface area (TPSA) is 37.4 Å². The minimum absolute atomic E-state index is 0.306. The molecular formula is C8H12F3NO2. The van der Waals surface area contributed by atoms with E-state index in [1.54, 1.807) is 13.8 Å². The lowest BCUT2D eigenvalue weighted by atomic mass is 10.2. The second kappa shape index (κ2) is 4.97. The van der Waals surface area contributed by atoms with Crippen molar-refractivity contribution in [2.45, 2.75) is 26.4 Å². The molecule has 82 valence electrons. The van der Waals surface area contributed by atoms with Crippen molar-refractivity contribution in [2.75, 3.05) is 13.1 Å². The molecular weight excluding hydrogens is 199 g/mol. The molecule has 0 unspecified atom stereocenters. The molecule has 0 radical (unpaired) electrons. The number of hydrogen-bond donors (Lipinski definition) is 0. The maximum absolute atomic E-state index is 11.8. The van der Waals surface area contributed by atoms with Crippen LogP contribution in [0.4, 0.5) is 13.2 Å². The van der Waals surface area contributed by atoms with Gasteiger partial charge in [0.05, 0.1) is 6.42 Å². The van der Waals surface area contributed by atoms with Gasteiger partial charge >= 0.3 is 6.18 Å². The molecule has 6 heteroatoms. The average Bonchev–Trinajstić information content (AvgIpc) is 2.04. The van der Waals surface area contributed by atoms with E-state index in [1.165, 1.54) is 4.90 Å². The van der Waals surface area contributed by atoms with Gasteiger partial charge in [-0.1, -0.05) is 0 Å². The van der Waals surface area contributed by atoms with Crippen LogP contribution in [0.1, 0.15) is 20.3 Å². The van der Waals surface area contributed by atoms with Crippen LogP contribution in [0.5, 0.6) is 0 Å². The van der Waals surface area contributed by atoms with Crippen LogP contribution in [-0.2, 0) is 9.59 Å². The van der Waals surface area contributed by atoms with Gasteiger partial charge in [0.2, 0.25) is 11.7 Å². The second-order valence-corrected chi connectivity index (χ2v) is 2.66. The molecule has 0 heterocycles. The summed E-state index contributed by atoms with van der Waals surface area (Å²) in [4.78, 5) is 22.7. The van der Waals surface area contributed by atoms with Crippen LogP contribution >= 0.6 is 0 Å². The Morgan fingerprint density at radius 1 is 1.14 bits per heavy atom. The molecule has 0 aromatic heterocycles. The van der Waals surface area contributed by atoms with Crippen molar-refractivity contribution in [1.82, 2.24) is 4.90 Å². The first kappa shape index (κ1) is 12.9. The Kier molecular flexibility index (Phi) is 4.59. The van der Waals surface area contributed by atoms with Gasteiger partial charge in [0.1, 0.15) is 0 Å². The van der Waals surface area contributed by atoms with Gasteiger partial charge < -0.3 is 4.90 Å². The molecule has 0 spiro atoms. The summed E-state index contributed by atoms with van der Waals surface area (Å²) in [6.45, 7) is 3.89. The van der Waals surface area contributed by atoms with Crippen molar-refractivity contribution < 1.29 is 22.8 Å². The predicted octanol–water partition coefficient (Wildman–Crippen LogP) is 1.38. The van der Waals surface area contributed by atoms with Gasteiger partial charge in [-0.25, -0.2) is 0 Å². The number of nitrogens with zero attached hydrogens (tertiary/aromatic N) is 1. The lowest BCUT2D eigenvalue weighted by Crippen LogP contribution is -2.35. The molecule has 0 atom stereocenters. The predicted molar refractivity (Wildman–Crippen MR) is 43.6 cm³/mol. The minimum Gasteiger partial charge on any atom is -0.343 e. The third kappa shape index (κ3) is 3.76. The Balaban J connectivity index is 4.26. The Morgan fingerprint density at radius 2 is 1.57 bits per heavy atom. The van der Waals surface area contributed by atoms with Gasteiger partial charge in [-0.3, -0.25) is 9.59 Å². The summed E-state index contributed by atoms with van der Waals surface area (Å²) in [5.74, 6) is -2.77. The van der Waals surface area contributed by atoms with E-state index in [-0.39, 0.29) is 0 Å². The van der Waals surface area contributed by atoms with Crippen molar-refractivity contribution >= 4 is 11.7 Å². The third-order valence-electron chi connectivity index (χ3n) is 1.74. The summed E-state index contributed by atoms with van der Waals surface area (Å²) in [6, 6.07) is 0. The van der Waals surface area contributed by atoms with Crippen molar-refractivity contribution in [3.8, 4) is 0 Å². The van der Waals surface area contributed by atoms with Crippen molar-refractivity contribution in [3.05, 3.63) is 0 Å². The minimum atomic E-state index is -4.91. The van der Waals surface area contributed by atoms with Crippen LogP contribution in [0, 0.1) is 0 Å². The maximum Gasteiger partial charge on any atom is 0.450 e. The van der Waals surface area contributed by atoms with Gasteiger partial charge in [0, 0.05) is 13.1 Å². The number of ketones is 1. The number of amides is 1. The third-order valence-corrected chi connectivity index (χ3v) is 1.74. The summed E-state index contributed by atoms with van der Waals surface area (Å²) >= 11 is 0. The Morgan fingerprint density at radius 3 is 1.86 bits per heavy atom. The van der Waals surface area contributed by atoms with Gasteiger partial charge in [-0.2, -0.15) is 13.2 Å². The molecule has 0 N–H and O–H groups in total. The standard InChI is InChI=1S/C8H12F3NO2/c1-3-12(4-2)7(14)5-6(13)8(9,10)11/h3-5H2,1-2H3. The first-order valence-electron chi connectivity index (χ1n) is 4.20. The molecule has 0 saturated carbocycles. The zero-order valence-electron chi connectivity index (χ0n) is 8.02. The normalized spacial score (nSPS) is 11.2. The first-order chi connectivity index (χ1) is 6.32. The fourth-order valence-corrected chi connectivity index (χ4v) is 0.926. The highest BCUT2D eigenvalue weighted by atomic mass is 19.4. The van der Waals surface area contributed by atoms with Gasteiger partial charge in [0.25, 0.3) is 0 Å². The van der Waals surface area contributed by atoms with Gasteiger partial charge in [-0.15, -0.1) is 0 Å². The van der Waals surface area contributed by atoms with E-state index >= 15 is 0 Å². The van der Waals surface area contributed by atoms with Crippen molar-refractivity contribution in [2.24, 2.45) is 0 Å². The highest BCUT2D eigenvalue weighted by Gasteiger charge is 2.39. The maximum atomic E-state index is 11.8. The van der Waals surface area contributed by atoms with Crippen LogP contribution in [0.25, 0.3) is 0 Å². The number of Topliss-reactive ketones (excluding diaryl/α,β-unsaturated/α-hetero) is 1. The molecule has 0 aliphatic carbocycles. The Bertz CT molecular complexity index is 221. The molecule has 0 aliphatic rings. The van der Waals surface area contributed by atoms with E-state index in [0.717, 1.165) is 0 Å². The van der Waals surface area contributed by atoms with E-state index < -0.39 is 24.3 Å². The number of carbonyl (C=O) groups is 2. The number of carbonyl (C=O) groups excluding carboxylic acids is 2. The van der Waals surface area contributed by atoms with Crippen molar-refractivity contribution in [1.29, 1.82) is 0 Å². The highest BCUT2D eigenvalue weighted by Crippen LogP contribution is 2.18. The summed E-state index contributed by atoms with van der Waals surface area (Å²) < 4.78 is 35.3. The van der Waals surface area contributed by atoms with Crippen LogP contribution < -0.4 is 0 Å². The SMILES string of the molecule is CCN(CC)C(=O)CC(=O)C(F)(F)F. The molecule has 0 bridgehead atoms. The van der Waals surface area contributed by atoms with E-state index in [9.17, 15) is 22.8 Å². The molecule has 0 aliphatic heterocycles. The average molecular weight is 211 g/mol. The summed E-state index contributed by atoms with van der Waals surface area (Å²) in [7, 11) is 0. The monoisotopic (exact) mass is 211 g/mol. The number of halogens is 3. The quantitative estimate of drug-likeness (QED) is 0.659. The molecule has 0 aromatic carbocycles. The van der Waals surface area contributed by atoms with Crippen LogP contribution in [-0.4, -0.2) is 35.9 Å². The number of rotatable bonds is 4. The fourth-order valence-electron chi connectivity index (χ4n) is 0.926. The summed E-state index contributed by atoms with van der Waals surface area (Å²) in [6.07, 6.45) is -6.01. The number of alkyl halides is 3. The smallest absolute Gasteiger partial charge is 0.343 e. The van der Waals surface area contributed by atoms with Gasteiger partial charge in [-0.05, 0) is 13.8 Å². The summed E-state index contributed by atoms with van der Waals surface area (Å²) in [5.41, 5.74) is 0. The Hall–Kier alpha value is -1.07. The van der Waals surface area contributed by atoms with E-state index in [0.29, 0.717) is 13.1 Å². The van der Waals surface area contributed by atoms with Crippen LogP contribution in [0.15, 0.2) is 0 Å². The summed E-state index contributed by atoms with van der Waals surface area (Å²) in [5, 5.41) is 0. The first-order valence-corrected chi connectivity index (χ1v) is 4.20. The molecule has 14 heavy (non-hydrogen) atoms. The highest BCUT2D eigenvalue weighted by molar-refractivity contribution is 6.00. The van der Waals surface area contributed by atoms with Crippen molar-refractivity contribution in [3.63, 3.8) is 0 Å². The van der Waals surface area contributed by atoms with E-state index in [2.05, 4.69) is 0 Å². The number of hydrogen-bond acceptors (Lipinski definition) is 2. The zero-order valence-corrected chi connectivity index (χ0v) is 8.02. The molecule has 1 amide bonds. The van der Waals surface area contributed by atoms with E-state index in [1.807, 2.05) is 0 Å². The zero-order chi connectivity index (χ0) is 11.4. The second-order valence-electron chi connectivity index (χ2n) is 2.66. The van der Waals surface area contributed by atoms with Gasteiger partial charge in [0.15, 0.2) is 0 Å². The molecule has 0 aromatic rings. The van der Waals surface area contributed by atoms with Crippen LogP contribution in [0.3, 0.4) is 0 Å². The largest absolute Gasteiger partial charge is 0.450 e. The lowest BCUT2D eigenvalue weighted by molar-refractivity contribution is -0.172. The molecule has 0 rings (SSSR count). The molecule has 3 nitrogen and oxygen atoms in total.